The van der Waals surface area contributed by atoms with Crippen LogP contribution in [0.25, 0.3) is 0 Å². The van der Waals surface area contributed by atoms with E-state index in [9.17, 15) is 4.79 Å². The molecule has 16 heavy (non-hydrogen) atoms. The lowest BCUT2D eigenvalue weighted by Crippen LogP contribution is -2.26. The van der Waals surface area contributed by atoms with E-state index in [4.69, 9.17) is 10.8 Å². The zero-order valence-corrected chi connectivity index (χ0v) is 10.3. The summed E-state index contributed by atoms with van der Waals surface area (Å²) in [5, 5.41) is 8.61. The van der Waals surface area contributed by atoms with Crippen LogP contribution in [-0.4, -0.2) is 17.1 Å². The minimum atomic E-state index is -0.783. The lowest BCUT2D eigenvalue weighted by atomic mass is 9.81. The summed E-state index contributed by atoms with van der Waals surface area (Å²) in [7, 11) is 0. The van der Waals surface area contributed by atoms with Gasteiger partial charge in [0, 0.05) is 6.04 Å². The Morgan fingerprint density at radius 3 is 2.69 bits per heavy atom. The summed E-state index contributed by atoms with van der Waals surface area (Å²) in [6.45, 7) is 2.18. The molecule has 3 heteroatoms. The number of carboxylic acid groups (broad SMARTS) is 1. The van der Waals surface area contributed by atoms with Gasteiger partial charge in [0.1, 0.15) is 0 Å². The van der Waals surface area contributed by atoms with Gasteiger partial charge in [0.05, 0.1) is 6.42 Å². The minimum absolute atomic E-state index is 0.104. The van der Waals surface area contributed by atoms with Crippen molar-refractivity contribution < 1.29 is 9.90 Å². The highest BCUT2D eigenvalue weighted by Crippen LogP contribution is 2.31. The summed E-state index contributed by atoms with van der Waals surface area (Å²) in [4.78, 5) is 10.5. The molecule has 94 valence electrons. The largest absolute Gasteiger partial charge is 0.481 e. The van der Waals surface area contributed by atoms with Crippen LogP contribution in [0, 0.1) is 11.8 Å². The third-order valence-electron chi connectivity index (χ3n) is 3.68. The maximum absolute atomic E-state index is 10.5. The van der Waals surface area contributed by atoms with Crippen molar-refractivity contribution in [1.29, 1.82) is 0 Å². The maximum atomic E-state index is 10.5. The van der Waals surface area contributed by atoms with Gasteiger partial charge >= 0.3 is 5.97 Å². The Bertz CT molecular complexity index is 214. The molecule has 2 atom stereocenters. The van der Waals surface area contributed by atoms with Gasteiger partial charge in [0.25, 0.3) is 0 Å². The average molecular weight is 227 g/mol. The van der Waals surface area contributed by atoms with Gasteiger partial charge in [0.15, 0.2) is 0 Å². The molecule has 0 aromatic carbocycles. The molecule has 0 radical (unpaired) electrons. The second-order valence-electron chi connectivity index (χ2n) is 5.43. The van der Waals surface area contributed by atoms with E-state index in [1.165, 1.54) is 38.5 Å². The molecule has 1 aliphatic rings. The van der Waals surface area contributed by atoms with Crippen LogP contribution < -0.4 is 5.73 Å². The first kappa shape index (κ1) is 13.5. The van der Waals surface area contributed by atoms with E-state index >= 15 is 0 Å². The lowest BCUT2D eigenvalue weighted by Gasteiger charge is -2.25. The van der Waals surface area contributed by atoms with Crippen LogP contribution in [0.15, 0.2) is 0 Å². The van der Waals surface area contributed by atoms with Gasteiger partial charge in [-0.3, -0.25) is 4.79 Å². The highest BCUT2D eigenvalue weighted by atomic mass is 16.4. The summed E-state index contributed by atoms with van der Waals surface area (Å²) in [5.74, 6) is 0.767. The number of carbonyl (C=O) groups is 1. The van der Waals surface area contributed by atoms with E-state index < -0.39 is 5.97 Å². The molecule has 1 aliphatic carbocycles. The first-order valence-corrected chi connectivity index (χ1v) is 6.55. The highest BCUT2D eigenvalue weighted by Gasteiger charge is 2.17. The van der Waals surface area contributed by atoms with Crippen molar-refractivity contribution >= 4 is 5.97 Å². The van der Waals surface area contributed by atoms with Crippen molar-refractivity contribution in [2.45, 2.75) is 64.3 Å². The smallest absolute Gasteiger partial charge is 0.304 e. The fraction of sp³-hybridized carbons (Fsp3) is 0.923. The third kappa shape index (κ3) is 5.50. The molecule has 0 aromatic rings. The molecule has 3 N–H and O–H groups in total. The highest BCUT2D eigenvalue weighted by molar-refractivity contribution is 5.67. The van der Waals surface area contributed by atoms with Crippen molar-refractivity contribution in [2.24, 2.45) is 17.6 Å². The van der Waals surface area contributed by atoms with Crippen LogP contribution in [0.2, 0.25) is 0 Å². The second kappa shape index (κ2) is 6.89. The first-order valence-electron chi connectivity index (χ1n) is 6.55. The SMILES string of the molecule is C[C@H](CCCC1CCC1)C[C@H](N)CC(=O)O. The molecule has 0 spiro atoms. The molecule has 1 fully saturated rings. The van der Waals surface area contributed by atoms with Crippen LogP contribution in [0.4, 0.5) is 0 Å². The molecule has 0 amide bonds. The van der Waals surface area contributed by atoms with E-state index in [0.717, 1.165) is 12.3 Å². The Kier molecular flexibility index (Phi) is 5.81. The Balaban J connectivity index is 2.00. The fourth-order valence-electron chi connectivity index (χ4n) is 2.48. The summed E-state index contributed by atoms with van der Waals surface area (Å²) >= 11 is 0. The van der Waals surface area contributed by atoms with E-state index in [2.05, 4.69) is 6.92 Å². The van der Waals surface area contributed by atoms with Gasteiger partial charge in [-0.05, 0) is 18.3 Å². The summed E-state index contributed by atoms with van der Waals surface area (Å²) < 4.78 is 0. The lowest BCUT2D eigenvalue weighted by molar-refractivity contribution is -0.137. The van der Waals surface area contributed by atoms with Crippen molar-refractivity contribution in [2.75, 3.05) is 0 Å². The van der Waals surface area contributed by atoms with Crippen LogP contribution in [0.3, 0.4) is 0 Å². The van der Waals surface area contributed by atoms with Crippen molar-refractivity contribution in [3.63, 3.8) is 0 Å². The van der Waals surface area contributed by atoms with Crippen LogP contribution >= 0.6 is 0 Å². The maximum Gasteiger partial charge on any atom is 0.304 e. The third-order valence-corrected chi connectivity index (χ3v) is 3.68. The quantitative estimate of drug-likeness (QED) is 0.670. The van der Waals surface area contributed by atoms with Gasteiger partial charge in [-0.2, -0.15) is 0 Å². The average Bonchev–Trinajstić information content (AvgIpc) is 2.07. The van der Waals surface area contributed by atoms with Gasteiger partial charge in [-0.15, -0.1) is 0 Å². The van der Waals surface area contributed by atoms with Crippen LogP contribution in [0.5, 0.6) is 0 Å². The zero-order chi connectivity index (χ0) is 12.0. The van der Waals surface area contributed by atoms with E-state index in [-0.39, 0.29) is 12.5 Å². The summed E-state index contributed by atoms with van der Waals surface area (Å²) in [5.41, 5.74) is 5.76. The zero-order valence-electron chi connectivity index (χ0n) is 10.3. The Morgan fingerprint density at radius 1 is 1.50 bits per heavy atom. The Labute approximate surface area is 98.4 Å². The molecule has 1 rings (SSSR count). The standard InChI is InChI=1S/C13H25NO2/c1-10(8-12(14)9-13(15)16)4-2-5-11-6-3-7-11/h10-12H,2-9,14H2,1H3,(H,15,16)/t10-,12+/m1/s1. The van der Waals surface area contributed by atoms with E-state index in [1.807, 2.05) is 0 Å². The van der Waals surface area contributed by atoms with Crippen LogP contribution in [0.1, 0.15) is 58.3 Å². The topological polar surface area (TPSA) is 63.3 Å². The summed E-state index contributed by atoms with van der Waals surface area (Å²) in [6.07, 6.45) is 9.06. The molecule has 0 saturated heterocycles. The van der Waals surface area contributed by atoms with Crippen molar-refractivity contribution in [3.05, 3.63) is 0 Å². The second-order valence-corrected chi connectivity index (χ2v) is 5.43. The van der Waals surface area contributed by atoms with Crippen LogP contribution in [-0.2, 0) is 4.79 Å². The monoisotopic (exact) mass is 227 g/mol. The van der Waals surface area contributed by atoms with Gasteiger partial charge < -0.3 is 10.8 Å². The predicted molar refractivity (Wildman–Crippen MR) is 65.2 cm³/mol. The normalized spacial score (nSPS) is 20.1. The Hall–Kier alpha value is -0.570. The van der Waals surface area contributed by atoms with Gasteiger partial charge in [0.2, 0.25) is 0 Å². The minimum Gasteiger partial charge on any atom is -0.481 e. The number of nitrogens with two attached hydrogens (primary N) is 1. The molecule has 3 nitrogen and oxygen atoms in total. The molecule has 0 bridgehead atoms. The van der Waals surface area contributed by atoms with Gasteiger partial charge in [-0.1, -0.05) is 45.4 Å². The molecule has 0 aromatic heterocycles. The van der Waals surface area contributed by atoms with E-state index in [0.29, 0.717) is 5.92 Å². The number of rotatable bonds is 8. The first-order chi connectivity index (χ1) is 7.58. The van der Waals surface area contributed by atoms with Crippen molar-refractivity contribution in [3.8, 4) is 0 Å². The molecular weight excluding hydrogens is 202 g/mol. The molecule has 0 unspecified atom stereocenters. The number of carboxylic acids is 1. The predicted octanol–water partition coefficient (Wildman–Crippen LogP) is 2.79. The molecule has 1 saturated carbocycles. The molecule has 0 aliphatic heterocycles. The molecular formula is C13H25NO2. The number of hydrogen-bond donors (Lipinski definition) is 2. The molecule has 0 heterocycles. The fourth-order valence-corrected chi connectivity index (χ4v) is 2.48. The van der Waals surface area contributed by atoms with Gasteiger partial charge in [-0.25, -0.2) is 0 Å². The number of aliphatic carboxylic acids is 1. The van der Waals surface area contributed by atoms with E-state index in [1.54, 1.807) is 0 Å². The number of hydrogen-bond acceptors (Lipinski definition) is 2. The Morgan fingerprint density at radius 2 is 2.19 bits per heavy atom. The summed E-state index contributed by atoms with van der Waals surface area (Å²) in [6, 6.07) is -0.170. The van der Waals surface area contributed by atoms with Crippen molar-refractivity contribution in [1.82, 2.24) is 0 Å².